The van der Waals surface area contributed by atoms with Crippen LogP contribution in [0.3, 0.4) is 0 Å². The minimum atomic E-state index is 1.20. The van der Waals surface area contributed by atoms with Gasteiger partial charge in [0.25, 0.3) is 0 Å². The van der Waals surface area contributed by atoms with E-state index in [9.17, 15) is 0 Å². The molecule has 0 fully saturated rings. The van der Waals surface area contributed by atoms with Gasteiger partial charge in [-0.15, -0.1) is 8.86 Å². The number of hydrogen-bond acceptors (Lipinski definition) is 0. The first-order valence-electron chi connectivity index (χ1n) is 2.49. The molecule has 0 nitrogen and oxygen atoms in total. The van der Waals surface area contributed by atoms with E-state index in [1.165, 1.54) is 5.56 Å². The number of hydrogen-bond donors (Lipinski definition) is 0. The number of benzene rings is 1. The van der Waals surface area contributed by atoms with Gasteiger partial charge in [0.15, 0.2) is 0 Å². The van der Waals surface area contributed by atoms with Crippen molar-refractivity contribution in [1.29, 1.82) is 0 Å². The van der Waals surface area contributed by atoms with E-state index in [0.29, 0.717) is 0 Å². The van der Waals surface area contributed by atoms with Crippen LogP contribution in [0.15, 0.2) is 30.3 Å². The van der Waals surface area contributed by atoms with Crippen LogP contribution in [-0.2, 0) is 0 Å². The highest BCUT2D eigenvalue weighted by atomic mass is 31.0. The summed E-state index contributed by atoms with van der Waals surface area (Å²) in [5, 5.41) is 0. The van der Waals surface area contributed by atoms with Gasteiger partial charge in [-0.2, -0.15) is 0 Å². The zero-order valence-corrected chi connectivity index (χ0v) is 5.46. The third-order valence-electron chi connectivity index (χ3n) is 0.966. The summed E-state index contributed by atoms with van der Waals surface area (Å²) in [6.45, 7) is 0. The van der Waals surface area contributed by atoms with Crippen LogP contribution in [0.5, 0.6) is 0 Å². The molecule has 0 bridgehead atoms. The van der Waals surface area contributed by atoms with Crippen molar-refractivity contribution in [1.82, 2.24) is 0 Å². The van der Waals surface area contributed by atoms with Crippen LogP contribution < -0.4 is 0 Å². The van der Waals surface area contributed by atoms with Crippen LogP contribution in [0.2, 0.25) is 0 Å². The Morgan fingerprint density at radius 3 is 2.12 bits per heavy atom. The van der Waals surface area contributed by atoms with E-state index in [2.05, 4.69) is 8.86 Å². The summed E-state index contributed by atoms with van der Waals surface area (Å²) in [7, 11) is 3.28. The fourth-order valence-electron chi connectivity index (χ4n) is 0.549. The SMILES string of the molecule is P=Cc1ccccc1. The van der Waals surface area contributed by atoms with Crippen LogP contribution in [0, 0.1) is 0 Å². The summed E-state index contributed by atoms with van der Waals surface area (Å²) in [4.78, 5) is 0. The average molecular weight is 122 g/mol. The first kappa shape index (κ1) is 5.53. The number of rotatable bonds is 1. The first-order valence-corrected chi connectivity index (χ1v) is 3.07. The van der Waals surface area contributed by atoms with E-state index in [1.54, 1.807) is 0 Å². The molecule has 0 spiro atoms. The van der Waals surface area contributed by atoms with Crippen molar-refractivity contribution in [2.75, 3.05) is 0 Å². The van der Waals surface area contributed by atoms with Gasteiger partial charge in [-0.25, -0.2) is 0 Å². The van der Waals surface area contributed by atoms with Crippen molar-refractivity contribution in [2.45, 2.75) is 0 Å². The van der Waals surface area contributed by atoms with Gasteiger partial charge in [0, 0.05) is 0 Å². The lowest BCUT2D eigenvalue weighted by Gasteiger charge is -1.84. The lowest BCUT2D eigenvalue weighted by molar-refractivity contribution is 1.69. The molecule has 1 heteroatoms. The normalized spacial score (nSPS) is 8.50. The molecule has 0 saturated carbocycles. The molecular formula is C7H7P. The fourth-order valence-corrected chi connectivity index (χ4v) is 0.742. The van der Waals surface area contributed by atoms with Crippen molar-refractivity contribution < 1.29 is 0 Å². The van der Waals surface area contributed by atoms with Gasteiger partial charge in [-0.05, 0) is 11.4 Å². The third-order valence-corrected chi connectivity index (χ3v) is 1.30. The second-order valence-electron chi connectivity index (χ2n) is 1.56. The molecule has 0 N–H and O–H groups in total. The molecule has 1 aromatic carbocycles. The Morgan fingerprint density at radius 1 is 1.12 bits per heavy atom. The quantitative estimate of drug-likeness (QED) is 0.499. The molecule has 40 valence electrons. The molecule has 1 rings (SSSR count). The molecule has 0 atom stereocenters. The van der Waals surface area contributed by atoms with Gasteiger partial charge in [0.2, 0.25) is 0 Å². The smallest absolute Gasteiger partial charge is 0.0217 e. The van der Waals surface area contributed by atoms with Gasteiger partial charge in [0.1, 0.15) is 0 Å². The largest absolute Gasteiger partial charge is 0.122 e. The summed E-state index contributed by atoms with van der Waals surface area (Å²) in [5.74, 6) is 1.89. The highest BCUT2D eigenvalue weighted by molar-refractivity contribution is 7.19. The van der Waals surface area contributed by atoms with Crippen molar-refractivity contribution in [3.8, 4) is 0 Å². The maximum atomic E-state index is 3.28. The van der Waals surface area contributed by atoms with Gasteiger partial charge in [-0.3, -0.25) is 0 Å². The predicted octanol–water partition coefficient (Wildman–Crippen LogP) is 1.98. The van der Waals surface area contributed by atoms with Gasteiger partial charge in [-0.1, -0.05) is 30.3 Å². The van der Waals surface area contributed by atoms with Crippen LogP contribution >= 0.6 is 8.86 Å². The Kier molecular flexibility index (Phi) is 1.82. The van der Waals surface area contributed by atoms with Crippen molar-refractivity contribution >= 4 is 14.7 Å². The average Bonchev–Trinajstić information content (AvgIpc) is 1.90. The second kappa shape index (κ2) is 2.64. The van der Waals surface area contributed by atoms with Crippen LogP contribution in [-0.4, -0.2) is 5.80 Å². The Morgan fingerprint density at radius 2 is 1.75 bits per heavy atom. The summed E-state index contributed by atoms with van der Waals surface area (Å²) in [6, 6.07) is 10.1. The van der Waals surface area contributed by atoms with Gasteiger partial charge in [0.05, 0.1) is 0 Å². The highest BCUT2D eigenvalue weighted by Crippen LogP contribution is 1.93. The first-order chi connectivity index (χ1) is 3.93. The molecule has 8 heavy (non-hydrogen) atoms. The Balaban J connectivity index is 2.99. The summed E-state index contributed by atoms with van der Waals surface area (Å²) in [5.41, 5.74) is 1.20. The van der Waals surface area contributed by atoms with E-state index in [1.807, 2.05) is 36.1 Å². The molecule has 0 unspecified atom stereocenters. The van der Waals surface area contributed by atoms with E-state index in [-0.39, 0.29) is 0 Å². The minimum Gasteiger partial charge on any atom is -0.122 e. The van der Waals surface area contributed by atoms with Crippen molar-refractivity contribution in [2.24, 2.45) is 0 Å². The lowest BCUT2D eigenvalue weighted by atomic mass is 10.2. The molecule has 1 aromatic rings. The van der Waals surface area contributed by atoms with Crippen LogP contribution in [0.4, 0.5) is 0 Å². The van der Waals surface area contributed by atoms with Gasteiger partial charge >= 0.3 is 0 Å². The van der Waals surface area contributed by atoms with E-state index >= 15 is 0 Å². The summed E-state index contributed by atoms with van der Waals surface area (Å²) < 4.78 is 0. The van der Waals surface area contributed by atoms with E-state index < -0.39 is 0 Å². The molecular weight excluding hydrogens is 115 g/mol. The molecule has 0 radical (unpaired) electrons. The molecule has 0 aliphatic rings. The van der Waals surface area contributed by atoms with E-state index in [0.717, 1.165) is 0 Å². The summed E-state index contributed by atoms with van der Waals surface area (Å²) >= 11 is 0. The molecule has 0 aromatic heterocycles. The Bertz CT molecular complexity index is 167. The summed E-state index contributed by atoms with van der Waals surface area (Å²) in [6.07, 6.45) is 0. The van der Waals surface area contributed by atoms with Crippen molar-refractivity contribution in [3.05, 3.63) is 35.9 Å². The van der Waals surface area contributed by atoms with Crippen molar-refractivity contribution in [3.63, 3.8) is 0 Å². The molecule has 0 aliphatic carbocycles. The van der Waals surface area contributed by atoms with Crippen LogP contribution in [0.1, 0.15) is 5.56 Å². The van der Waals surface area contributed by atoms with E-state index in [4.69, 9.17) is 0 Å². The molecule has 0 aliphatic heterocycles. The predicted molar refractivity (Wildman–Crippen MR) is 39.9 cm³/mol. The zero-order valence-electron chi connectivity index (χ0n) is 4.46. The zero-order chi connectivity index (χ0) is 5.82. The van der Waals surface area contributed by atoms with Crippen LogP contribution in [0.25, 0.3) is 0 Å². The fraction of sp³-hybridized carbons (Fsp3) is 0. The lowest BCUT2D eigenvalue weighted by Crippen LogP contribution is -1.71. The Labute approximate surface area is 51.4 Å². The van der Waals surface area contributed by atoms with Gasteiger partial charge < -0.3 is 0 Å². The molecule has 0 amide bonds. The topological polar surface area (TPSA) is 0 Å². The monoisotopic (exact) mass is 122 g/mol. The minimum absolute atomic E-state index is 1.20. The maximum Gasteiger partial charge on any atom is -0.0217 e. The second-order valence-corrected chi connectivity index (χ2v) is 1.84. The highest BCUT2D eigenvalue weighted by Gasteiger charge is 1.76. The molecule has 0 saturated heterocycles. The third kappa shape index (κ3) is 1.18. The molecule has 0 heterocycles. The Hall–Kier alpha value is -0.610. The maximum absolute atomic E-state index is 3.28. The standard InChI is InChI=1S/C7H7P/c8-6-7-4-2-1-3-5-7/h1-6,8H.